The molecule has 1 heterocycles. The number of carbonyl (C=O) groups excluding carboxylic acids is 1. The van der Waals surface area contributed by atoms with Gasteiger partial charge in [-0.3, -0.25) is 10.4 Å². The van der Waals surface area contributed by atoms with E-state index in [1.165, 1.54) is 0 Å². The summed E-state index contributed by atoms with van der Waals surface area (Å²) >= 11 is 0. The number of anilines is 1. The van der Waals surface area contributed by atoms with Crippen LogP contribution in [0, 0.1) is 0 Å². The minimum atomic E-state index is -0.513. The van der Waals surface area contributed by atoms with Crippen LogP contribution in [-0.4, -0.2) is 27.9 Å². The summed E-state index contributed by atoms with van der Waals surface area (Å²) in [7, 11) is 0. The predicted octanol–water partition coefficient (Wildman–Crippen LogP) is 2.25. The third kappa shape index (κ3) is 5.18. The van der Waals surface area contributed by atoms with Crippen molar-refractivity contribution in [2.24, 2.45) is 0 Å². The molecule has 1 aromatic rings. The highest BCUT2D eigenvalue weighted by Crippen LogP contribution is 2.13. The Bertz CT molecular complexity index is 393. The Labute approximate surface area is 107 Å². The van der Waals surface area contributed by atoms with Crippen LogP contribution in [0.15, 0.2) is 6.20 Å². The zero-order valence-electron chi connectivity index (χ0n) is 11.6. The Balaban J connectivity index is 2.57. The van der Waals surface area contributed by atoms with Crippen LogP contribution in [0.2, 0.25) is 0 Å². The van der Waals surface area contributed by atoms with Crippen molar-refractivity contribution in [3.05, 3.63) is 11.8 Å². The summed E-state index contributed by atoms with van der Waals surface area (Å²) in [6.07, 6.45) is 1.19. The summed E-state index contributed by atoms with van der Waals surface area (Å²) in [6, 6.07) is 0.370. The molecule has 18 heavy (non-hydrogen) atoms. The van der Waals surface area contributed by atoms with Crippen LogP contribution in [-0.2, 0) is 11.3 Å². The van der Waals surface area contributed by atoms with Gasteiger partial charge in [-0.2, -0.15) is 5.10 Å². The van der Waals surface area contributed by atoms with E-state index in [-0.39, 0.29) is 0 Å². The lowest BCUT2D eigenvalue weighted by atomic mass is 10.2. The van der Waals surface area contributed by atoms with Gasteiger partial charge in [0.1, 0.15) is 11.4 Å². The van der Waals surface area contributed by atoms with Crippen molar-refractivity contribution in [2.45, 2.75) is 52.8 Å². The molecule has 1 aromatic heterocycles. The first-order valence-electron chi connectivity index (χ1n) is 6.03. The van der Waals surface area contributed by atoms with Crippen LogP contribution in [0.5, 0.6) is 0 Å². The van der Waals surface area contributed by atoms with E-state index in [2.05, 4.69) is 34.7 Å². The van der Waals surface area contributed by atoms with E-state index in [9.17, 15) is 4.79 Å². The minimum Gasteiger partial charge on any atom is -0.444 e. The summed E-state index contributed by atoms with van der Waals surface area (Å²) in [5, 5.41) is 12.6. The van der Waals surface area contributed by atoms with E-state index >= 15 is 0 Å². The van der Waals surface area contributed by atoms with E-state index < -0.39 is 11.7 Å². The lowest BCUT2D eigenvalue weighted by Gasteiger charge is -2.19. The number of aromatic amines is 1. The molecule has 6 heteroatoms. The first-order chi connectivity index (χ1) is 8.28. The molecule has 0 radical (unpaired) electrons. The van der Waals surface area contributed by atoms with Crippen molar-refractivity contribution in [3.63, 3.8) is 0 Å². The molecule has 1 amide bonds. The maximum absolute atomic E-state index is 11.6. The Morgan fingerprint density at radius 1 is 1.50 bits per heavy atom. The van der Waals surface area contributed by atoms with Crippen LogP contribution in [0.1, 0.15) is 40.2 Å². The second kappa shape index (κ2) is 5.86. The van der Waals surface area contributed by atoms with E-state index in [0.29, 0.717) is 18.4 Å². The highest BCUT2D eigenvalue weighted by Gasteiger charge is 2.17. The second-order valence-corrected chi connectivity index (χ2v) is 5.43. The number of hydrogen-bond acceptors (Lipinski definition) is 4. The average molecular weight is 254 g/mol. The van der Waals surface area contributed by atoms with Gasteiger partial charge in [0.15, 0.2) is 0 Å². The van der Waals surface area contributed by atoms with Gasteiger partial charge in [-0.05, 0) is 20.8 Å². The van der Waals surface area contributed by atoms with E-state index in [4.69, 9.17) is 4.74 Å². The third-order valence-corrected chi connectivity index (χ3v) is 2.04. The normalized spacial score (nSPS) is 11.7. The fourth-order valence-corrected chi connectivity index (χ4v) is 1.27. The van der Waals surface area contributed by atoms with Gasteiger partial charge in [0.25, 0.3) is 0 Å². The smallest absolute Gasteiger partial charge is 0.413 e. The van der Waals surface area contributed by atoms with Crippen molar-refractivity contribution in [1.29, 1.82) is 0 Å². The summed E-state index contributed by atoms with van der Waals surface area (Å²) in [4.78, 5) is 11.6. The van der Waals surface area contributed by atoms with E-state index in [1.54, 1.807) is 6.20 Å². The lowest BCUT2D eigenvalue weighted by Crippen LogP contribution is -2.28. The Hall–Kier alpha value is -1.56. The first-order valence-corrected chi connectivity index (χ1v) is 6.03. The van der Waals surface area contributed by atoms with Gasteiger partial charge in [0, 0.05) is 18.2 Å². The molecular formula is C12H22N4O2. The number of carbonyl (C=O) groups is 1. The quantitative estimate of drug-likeness (QED) is 0.770. The van der Waals surface area contributed by atoms with E-state index in [1.807, 2.05) is 20.8 Å². The van der Waals surface area contributed by atoms with Gasteiger partial charge in [-0.1, -0.05) is 13.8 Å². The van der Waals surface area contributed by atoms with Crippen molar-refractivity contribution in [3.8, 4) is 0 Å². The molecule has 0 spiro atoms. The number of ether oxygens (including phenoxy) is 1. The Morgan fingerprint density at radius 3 is 2.72 bits per heavy atom. The topological polar surface area (TPSA) is 79.0 Å². The zero-order chi connectivity index (χ0) is 13.8. The molecule has 0 aliphatic rings. The molecule has 6 nitrogen and oxygen atoms in total. The summed E-state index contributed by atoms with van der Waals surface area (Å²) < 4.78 is 5.17. The molecule has 0 saturated heterocycles. The SMILES string of the molecule is CC(C)NCc1cn[nH]c1NC(=O)OC(C)(C)C. The number of rotatable bonds is 4. The Kier molecular flexibility index (Phi) is 4.72. The van der Waals surface area contributed by atoms with Crippen LogP contribution in [0.25, 0.3) is 0 Å². The molecule has 0 atom stereocenters. The van der Waals surface area contributed by atoms with Crippen molar-refractivity contribution in [1.82, 2.24) is 15.5 Å². The van der Waals surface area contributed by atoms with Gasteiger partial charge >= 0.3 is 6.09 Å². The molecule has 0 fully saturated rings. The molecule has 0 aliphatic carbocycles. The average Bonchev–Trinajstić information content (AvgIpc) is 2.59. The van der Waals surface area contributed by atoms with E-state index in [0.717, 1.165) is 5.56 Å². The summed E-state index contributed by atoms with van der Waals surface area (Å²) in [5.74, 6) is 0.567. The number of aromatic nitrogens is 2. The number of hydrogen-bond donors (Lipinski definition) is 3. The molecule has 0 aromatic carbocycles. The zero-order valence-corrected chi connectivity index (χ0v) is 11.6. The lowest BCUT2D eigenvalue weighted by molar-refractivity contribution is 0.0635. The highest BCUT2D eigenvalue weighted by atomic mass is 16.6. The van der Waals surface area contributed by atoms with Crippen LogP contribution < -0.4 is 10.6 Å². The monoisotopic (exact) mass is 254 g/mol. The number of amides is 1. The van der Waals surface area contributed by atoms with Crippen molar-refractivity contribution in [2.75, 3.05) is 5.32 Å². The summed E-state index contributed by atoms with van der Waals surface area (Å²) in [6.45, 7) is 10.2. The predicted molar refractivity (Wildman–Crippen MR) is 70.4 cm³/mol. The summed E-state index contributed by atoms with van der Waals surface area (Å²) in [5.41, 5.74) is 0.384. The maximum atomic E-state index is 11.6. The fraction of sp³-hybridized carbons (Fsp3) is 0.667. The molecule has 102 valence electrons. The fourth-order valence-electron chi connectivity index (χ4n) is 1.27. The van der Waals surface area contributed by atoms with Crippen LogP contribution >= 0.6 is 0 Å². The van der Waals surface area contributed by atoms with Gasteiger partial charge < -0.3 is 10.1 Å². The Morgan fingerprint density at radius 2 is 2.17 bits per heavy atom. The largest absolute Gasteiger partial charge is 0.444 e. The molecule has 3 N–H and O–H groups in total. The van der Waals surface area contributed by atoms with Gasteiger partial charge in [0.2, 0.25) is 0 Å². The number of H-pyrrole nitrogens is 1. The molecule has 0 aliphatic heterocycles. The number of nitrogens with one attached hydrogen (secondary N) is 3. The van der Waals surface area contributed by atoms with Crippen molar-refractivity contribution < 1.29 is 9.53 Å². The molecular weight excluding hydrogens is 232 g/mol. The molecule has 0 saturated carbocycles. The molecule has 0 bridgehead atoms. The first kappa shape index (κ1) is 14.5. The molecule has 1 rings (SSSR count). The van der Waals surface area contributed by atoms with Gasteiger partial charge in [-0.25, -0.2) is 4.79 Å². The maximum Gasteiger partial charge on any atom is 0.413 e. The van der Waals surface area contributed by atoms with Crippen LogP contribution in [0.3, 0.4) is 0 Å². The number of nitrogens with zero attached hydrogens (tertiary/aromatic N) is 1. The van der Waals surface area contributed by atoms with Gasteiger partial charge in [0.05, 0.1) is 6.20 Å². The van der Waals surface area contributed by atoms with Crippen molar-refractivity contribution >= 4 is 11.9 Å². The highest BCUT2D eigenvalue weighted by molar-refractivity contribution is 5.84. The molecule has 0 unspecified atom stereocenters. The second-order valence-electron chi connectivity index (χ2n) is 5.43. The minimum absolute atomic E-state index is 0.370. The standard InChI is InChI=1S/C12H22N4O2/c1-8(2)13-6-9-7-14-16-10(9)15-11(17)18-12(3,4)5/h7-8,13H,6H2,1-5H3,(H2,14,15,16,17). The van der Waals surface area contributed by atoms with Gasteiger partial charge in [-0.15, -0.1) is 0 Å². The van der Waals surface area contributed by atoms with Crippen LogP contribution in [0.4, 0.5) is 10.6 Å². The third-order valence-electron chi connectivity index (χ3n) is 2.04.